The number of fused-ring (bicyclic) bond motifs is 1. The van der Waals surface area contributed by atoms with Gasteiger partial charge in [0.05, 0.1) is 30.7 Å². The van der Waals surface area contributed by atoms with E-state index < -0.39 is 0 Å². The standard InChI is InChI=1S/C28H38N8O2S/c1-7-34(8-2)15-22(37)35-11-9-19(10-12-35)26-18(5)31-28(39-26)25-23(17(3)4)24(32-33-25)20-13-21(38-6)27-29-16-30-36(27)14-20/h13-14,16-17,19H,7-12,15H2,1-6H3,(H,32,33). The number of methoxy groups -OCH3 is 1. The number of H-pyrrole nitrogens is 1. The molecule has 5 heterocycles. The summed E-state index contributed by atoms with van der Waals surface area (Å²) in [7, 11) is 1.64. The Morgan fingerprint density at radius 3 is 2.67 bits per heavy atom. The fraction of sp³-hybridized carbons (Fsp3) is 0.536. The highest BCUT2D eigenvalue weighted by molar-refractivity contribution is 7.15. The number of pyridine rings is 1. The van der Waals surface area contributed by atoms with Gasteiger partial charge in [-0.2, -0.15) is 10.2 Å². The number of aromatic nitrogens is 6. The molecule has 1 saturated heterocycles. The maximum atomic E-state index is 12.8. The molecule has 39 heavy (non-hydrogen) atoms. The van der Waals surface area contributed by atoms with Gasteiger partial charge in [0, 0.05) is 35.3 Å². The fourth-order valence-corrected chi connectivity index (χ4v) is 6.74. The molecular formula is C28H38N8O2S. The van der Waals surface area contributed by atoms with Gasteiger partial charge in [-0.25, -0.2) is 14.5 Å². The first-order valence-corrected chi connectivity index (χ1v) is 14.6. The van der Waals surface area contributed by atoms with Gasteiger partial charge in [0.15, 0.2) is 11.4 Å². The number of hydrogen-bond donors (Lipinski definition) is 1. The summed E-state index contributed by atoms with van der Waals surface area (Å²) < 4.78 is 7.30. The molecule has 0 spiro atoms. The summed E-state index contributed by atoms with van der Waals surface area (Å²) in [5.74, 6) is 1.53. The van der Waals surface area contributed by atoms with Crippen LogP contribution in [0.1, 0.15) is 68.5 Å². The van der Waals surface area contributed by atoms with Crippen molar-refractivity contribution >= 4 is 22.9 Å². The summed E-state index contributed by atoms with van der Waals surface area (Å²) in [6.45, 7) is 14.6. The second-order valence-corrected chi connectivity index (χ2v) is 11.5. The molecule has 0 aromatic carbocycles. The lowest BCUT2D eigenvalue weighted by Crippen LogP contribution is -2.43. The van der Waals surface area contributed by atoms with Crippen LogP contribution in [-0.2, 0) is 4.79 Å². The van der Waals surface area contributed by atoms with E-state index in [1.54, 1.807) is 23.0 Å². The molecule has 208 valence electrons. The van der Waals surface area contributed by atoms with Crippen molar-refractivity contribution in [2.75, 3.05) is 39.8 Å². The van der Waals surface area contributed by atoms with Crippen LogP contribution in [0.2, 0.25) is 0 Å². The predicted molar refractivity (Wildman–Crippen MR) is 153 cm³/mol. The van der Waals surface area contributed by atoms with Crippen LogP contribution in [0.25, 0.3) is 27.6 Å². The molecule has 0 atom stereocenters. The van der Waals surface area contributed by atoms with Crippen LogP contribution in [0, 0.1) is 6.92 Å². The molecule has 0 bridgehead atoms. The molecule has 0 unspecified atom stereocenters. The quantitative estimate of drug-likeness (QED) is 0.321. The van der Waals surface area contributed by atoms with E-state index >= 15 is 0 Å². The molecular weight excluding hydrogens is 512 g/mol. The molecule has 1 fully saturated rings. The van der Waals surface area contributed by atoms with Gasteiger partial charge in [0.2, 0.25) is 5.91 Å². The minimum Gasteiger partial charge on any atom is -0.493 e. The van der Waals surface area contributed by atoms with E-state index in [4.69, 9.17) is 14.8 Å². The molecule has 1 amide bonds. The highest BCUT2D eigenvalue weighted by atomic mass is 32.1. The molecule has 0 aliphatic carbocycles. The SMILES string of the molecule is CCN(CC)CC(=O)N1CCC(c2sc(-c3[nH]nc(-c4cc(OC)c5ncnn5c4)c3C(C)C)nc2C)CC1. The largest absolute Gasteiger partial charge is 0.493 e. The van der Waals surface area contributed by atoms with Gasteiger partial charge in [-0.1, -0.05) is 27.7 Å². The fourth-order valence-electron chi connectivity index (χ4n) is 5.49. The van der Waals surface area contributed by atoms with Crippen molar-refractivity contribution in [1.29, 1.82) is 0 Å². The van der Waals surface area contributed by atoms with Gasteiger partial charge in [-0.15, -0.1) is 11.3 Å². The monoisotopic (exact) mass is 550 g/mol. The average molecular weight is 551 g/mol. The molecule has 0 radical (unpaired) electrons. The van der Waals surface area contributed by atoms with Gasteiger partial charge in [-0.3, -0.25) is 14.8 Å². The van der Waals surface area contributed by atoms with Crippen molar-refractivity contribution in [2.45, 2.75) is 59.3 Å². The van der Waals surface area contributed by atoms with Crippen molar-refractivity contribution in [3.8, 4) is 27.7 Å². The van der Waals surface area contributed by atoms with E-state index in [1.807, 2.05) is 17.2 Å². The number of hydrogen-bond acceptors (Lipinski definition) is 8. The molecule has 11 heteroatoms. The Morgan fingerprint density at radius 2 is 2.00 bits per heavy atom. The van der Waals surface area contributed by atoms with Crippen molar-refractivity contribution in [3.63, 3.8) is 0 Å². The number of aromatic amines is 1. The van der Waals surface area contributed by atoms with Crippen LogP contribution >= 0.6 is 11.3 Å². The Bertz CT molecular complexity index is 1440. The first-order chi connectivity index (χ1) is 18.8. The summed E-state index contributed by atoms with van der Waals surface area (Å²) in [5.41, 5.74) is 5.59. The number of nitrogens with one attached hydrogen (secondary N) is 1. The van der Waals surface area contributed by atoms with E-state index in [2.05, 4.69) is 54.7 Å². The molecule has 0 saturated carbocycles. The summed E-state index contributed by atoms with van der Waals surface area (Å²) in [6, 6.07) is 1.96. The Labute approximate surface area is 233 Å². The number of amides is 1. The Kier molecular flexibility index (Phi) is 7.99. The number of carbonyl (C=O) groups is 1. The van der Waals surface area contributed by atoms with Crippen LogP contribution in [0.4, 0.5) is 0 Å². The van der Waals surface area contributed by atoms with Crippen molar-refractivity contribution in [3.05, 3.63) is 34.7 Å². The lowest BCUT2D eigenvalue weighted by molar-refractivity contribution is -0.133. The van der Waals surface area contributed by atoms with Crippen molar-refractivity contribution in [1.82, 2.24) is 39.6 Å². The minimum absolute atomic E-state index is 0.221. The van der Waals surface area contributed by atoms with Crippen LogP contribution in [-0.4, -0.2) is 85.3 Å². The minimum atomic E-state index is 0.221. The third-order valence-corrected chi connectivity index (χ3v) is 9.07. The Balaban J connectivity index is 1.39. The molecule has 4 aromatic heterocycles. The molecule has 1 aliphatic rings. The number of likely N-dealkylation sites (N-methyl/N-ethyl adjacent to an activating group) is 1. The highest BCUT2D eigenvalue weighted by Gasteiger charge is 2.29. The van der Waals surface area contributed by atoms with Crippen LogP contribution in [0.5, 0.6) is 5.75 Å². The van der Waals surface area contributed by atoms with Crippen molar-refractivity contribution < 1.29 is 9.53 Å². The van der Waals surface area contributed by atoms with Gasteiger partial charge in [0.25, 0.3) is 0 Å². The zero-order valence-electron chi connectivity index (χ0n) is 23.7. The molecule has 1 aliphatic heterocycles. The summed E-state index contributed by atoms with van der Waals surface area (Å²) in [6.07, 6.45) is 5.39. The zero-order valence-corrected chi connectivity index (χ0v) is 24.5. The Hall–Kier alpha value is -3.31. The third-order valence-electron chi connectivity index (χ3n) is 7.73. The topological polar surface area (TPSA) is 105 Å². The summed E-state index contributed by atoms with van der Waals surface area (Å²) >= 11 is 1.75. The first-order valence-electron chi connectivity index (χ1n) is 13.8. The van der Waals surface area contributed by atoms with E-state index in [-0.39, 0.29) is 11.8 Å². The average Bonchev–Trinajstić information content (AvgIpc) is 3.69. The summed E-state index contributed by atoms with van der Waals surface area (Å²) in [4.78, 5) is 27.6. The van der Waals surface area contributed by atoms with Gasteiger partial charge < -0.3 is 9.64 Å². The number of likely N-dealkylation sites (tertiary alicyclic amines) is 1. The molecule has 10 nitrogen and oxygen atoms in total. The molecule has 5 rings (SSSR count). The molecule has 4 aromatic rings. The van der Waals surface area contributed by atoms with Gasteiger partial charge in [-0.05, 0) is 50.8 Å². The van der Waals surface area contributed by atoms with Crippen molar-refractivity contribution in [2.24, 2.45) is 0 Å². The van der Waals surface area contributed by atoms with E-state index in [1.165, 1.54) is 11.2 Å². The number of ether oxygens (including phenoxy) is 1. The van der Waals surface area contributed by atoms with Gasteiger partial charge >= 0.3 is 0 Å². The maximum Gasteiger partial charge on any atom is 0.236 e. The second kappa shape index (κ2) is 11.4. The third kappa shape index (κ3) is 5.29. The number of rotatable bonds is 9. The smallest absolute Gasteiger partial charge is 0.236 e. The highest BCUT2D eigenvalue weighted by Crippen LogP contribution is 2.42. The normalized spacial score (nSPS) is 14.7. The maximum absolute atomic E-state index is 12.8. The van der Waals surface area contributed by atoms with Gasteiger partial charge in [0.1, 0.15) is 11.3 Å². The zero-order chi connectivity index (χ0) is 27.7. The van der Waals surface area contributed by atoms with Crippen LogP contribution in [0.3, 0.4) is 0 Å². The second-order valence-electron chi connectivity index (χ2n) is 10.4. The number of piperidine rings is 1. The molecule has 1 N–H and O–H groups in total. The first kappa shape index (κ1) is 27.3. The predicted octanol–water partition coefficient (Wildman–Crippen LogP) is 4.73. The number of nitrogens with zero attached hydrogens (tertiary/aromatic N) is 7. The van der Waals surface area contributed by atoms with E-state index in [0.717, 1.165) is 72.2 Å². The number of thiazole rings is 1. The van der Waals surface area contributed by atoms with E-state index in [9.17, 15) is 4.79 Å². The lowest BCUT2D eigenvalue weighted by Gasteiger charge is -2.33. The number of carbonyl (C=O) groups excluding carboxylic acids is 1. The van der Waals surface area contributed by atoms with E-state index in [0.29, 0.717) is 23.9 Å². The van der Waals surface area contributed by atoms with Crippen LogP contribution in [0.15, 0.2) is 18.6 Å². The lowest BCUT2D eigenvalue weighted by atomic mass is 9.94. The number of aryl methyl sites for hydroxylation is 1. The van der Waals surface area contributed by atoms with Crippen LogP contribution < -0.4 is 4.74 Å². The summed E-state index contributed by atoms with van der Waals surface area (Å²) in [5, 5.41) is 13.3. The Morgan fingerprint density at radius 1 is 1.26 bits per heavy atom.